The first kappa shape index (κ1) is 22.8. The molecule has 2 aromatic rings. The second-order valence-corrected chi connectivity index (χ2v) is 8.11. The van der Waals surface area contributed by atoms with E-state index in [-0.39, 0.29) is 13.0 Å². The highest BCUT2D eigenvalue weighted by Gasteiger charge is 2.21. The fourth-order valence-electron chi connectivity index (χ4n) is 2.62. The van der Waals surface area contributed by atoms with E-state index in [1.165, 1.54) is 20.0 Å². The van der Waals surface area contributed by atoms with Gasteiger partial charge in [-0.1, -0.05) is 66.7 Å². The van der Waals surface area contributed by atoms with E-state index in [9.17, 15) is 9.36 Å². The number of carbonyl (C=O) groups is 1. The fraction of sp³-hybridized carbons (Fsp3) is 0.273. The summed E-state index contributed by atoms with van der Waals surface area (Å²) in [5.74, 6) is 0.880. The number of hydrogen-bond acceptors (Lipinski definition) is 6. The number of nitrogens with zero attached hydrogens (tertiary/aromatic N) is 1. The first-order chi connectivity index (χ1) is 14.0. The largest absolute Gasteiger partial charge is 0.464 e. The SMILES string of the molecule is CCOC(=O)C(C/C=C\P(=O)(OC)OC)N=C(c1ccccc1)c1ccccc1. The molecule has 29 heavy (non-hydrogen) atoms. The summed E-state index contributed by atoms with van der Waals surface area (Å²) in [5, 5.41) is 0. The average molecular weight is 415 g/mol. The first-order valence-corrected chi connectivity index (χ1v) is 10.9. The zero-order chi connectivity index (χ0) is 21.1. The maximum Gasteiger partial charge on any atom is 0.353 e. The summed E-state index contributed by atoms with van der Waals surface area (Å²) in [6.45, 7) is 1.99. The lowest BCUT2D eigenvalue weighted by Gasteiger charge is -2.14. The highest BCUT2D eigenvalue weighted by atomic mass is 31.2. The zero-order valence-corrected chi connectivity index (χ0v) is 17.7. The quantitative estimate of drug-likeness (QED) is 0.315. The van der Waals surface area contributed by atoms with Gasteiger partial charge in [0.15, 0.2) is 6.04 Å². The molecular weight excluding hydrogens is 389 g/mol. The van der Waals surface area contributed by atoms with Gasteiger partial charge in [-0.3, -0.25) is 9.56 Å². The molecule has 0 saturated heterocycles. The van der Waals surface area contributed by atoms with Crippen LogP contribution in [-0.2, 0) is 23.1 Å². The summed E-state index contributed by atoms with van der Waals surface area (Å²) in [7, 11) is -0.706. The number of rotatable bonds is 10. The predicted octanol–water partition coefficient (Wildman–Crippen LogP) is 4.85. The van der Waals surface area contributed by atoms with Crippen molar-refractivity contribution in [2.45, 2.75) is 19.4 Å². The molecule has 1 unspecified atom stereocenters. The lowest BCUT2D eigenvalue weighted by molar-refractivity contribution is -0.144. The molecule has 154 valence electrons. The Morgan fingerprint density at radius 3 is 1.97 bits per heavy atom. The van der Waals surface area contributed by atoms with E-state index in [0.717, 1.165) is 11.1 Å². The molecule has 0 fully saturated rings. The molecule has 0 aliphatic carbocycles. The summed E-state index contributed by atoms with van der Waals surface area (Å²) in [6, 6.07) is 18.5. The number of aliphatic imine (C=N–C) groups is 1. The monoisotopic (exact) mass is 415 g/mol. The standard InChI is InChI=1S/C22H26NO5P/c1-4-28-22(24)20(16-11-17-29(25,26-2)27-3)23-21(18-12-7-5-8-13-18)19-14-9-6-10-15-19/h5-15,17,20H,4,16H2,1-3H3/b17-11-. The number of carbonyl (C=O) groups excluding carboxylic acids is 1. The molecule has 0 amide bonds. The fourth-order valence-corrected chi connectivity index (χ4v) is 3.39. The maximum atomic E-state index is 12.5. The summed E-state index contributed by atoms with van der Waals surface area (Å²) in [4.78, 5) is 17.3. The summed E-state index contributed by atoms with van der Waals surface area (Å²) in [6.07, 6.45) is 1.77. The van der Waals surface area contributed by atoms with Crippen molar-refractivity contribution in [3.8, 4) is 0 Å². The molecule has 0 saturated carbocycles. The summed E-state index contributed by atoms with van der Waals surface area (Å²) < 4.78 is 27.2. The second-order valence-electron chi connectivity index (χ2n) is 6.00. The molecule has 7 heteroatoms. The van der Waals surface area contributed by atoms with Crippen molar-refractivity contribution in [2.75, 3.05) is 20.8 Å². The molecule has 6 nitrogen and oxygen atoms in total. The number of esters is 1. The van der Waals surface area contributed by atoms with Crippen LogP contribution >= 0.6 is 7.60 Å². The Kier molecular flexibility index (Phi) is 9.00. The number of benzene rings is 2. The van der Waals surface area contributed by atoms with E-state index >= 15 is 0 Å². The molecule has 0 N–H and O–H groups in total. The Labute approximate surface area is 171 Å². The van der Waals surface area contributed by atoms with Gasteiger partial charge in [-0.15, -0.1) is 0 Å². The van der Waals surface area contributed by atoms with Crippen LogP contribution in [0.3, 0.4) is 0 Å². The van der Waals surface area contributed by atoms with Gasteiger partial charge in [0.2, 0.25) is 0 Å². The van der Waals surface area contributed by atoms with Crippen molar-refractivity contribution in [2.24, 2.45) is 4.99 Å². The topological polar surface area (TPSA) is 74.2 Å². The average Bonchev–Trinajstić information content (AvgIpc) is 2.77. The Bertz CT molecular complexity index is 831. The molecule has 0 heterocycles. The van der Waals surface area contributed by atoms with Gasteiger partial charge in [-0.2, -0.15) is 0 Å². The van der Waals surface area contributed by atoms with Gasteiger partial charge >= 0.3 is 13.6 Å². The van der Waals surface area contributed by atoms with Crippen LogP contribution in [0.1, 0.15) is 24.5 Å². The van der Waals surface area contributed by atoms with Gasteiger partial charge in [0.1, 0.15) is 0 Å². The van der Waals surface area contributed by atoms with Crippen LogP contribution in [0.15, 0.2) is 77.5 Å². The van der Waals surface area contributed by atoms with Crippen LogP contribution in [0.25, 0.3) is 0 Å². The lowest BCUT2D eigenvalue weighted by Crippen LogP contribution is -2.23. The van der Waals surface area contributed by atoms with Crippen molar-refractivity contribution in [3.63, 3.8) is 0 Å². The maximum absolute atomic E-state index is 12.5. The molecule has 0 aromatic heterocycles. The lowest BCUT2D eigenvalue weighted by atomic mass is 10.0. The molecular formula is C22H26NO5P. The molecule has 0 spiro atoms. The number of hydrogen-bond donors (Lipinski definition) is 0. The minimum absolute atomic E-state index is 0.193. The van der Waals surface area contributed by atoms with Crippen molar-refractivity contribution in [1.29, 1.82) is 0 Å². The third-order valence-electron chi connectivity index (χ3n) is 4.09. The summed E-state index contributed by atoms with van der Waals surface area (Å²) in [5.41, 5.74) is 2.45. The van der Waals surface area contributed by atoms with E-state index < -0.39 is 19.6 Å². The molecule has 2 aromatic carbocycles. The van der Waals surface area contributed by atoms with E-state index in [1.54, 1.807) is 13.0 Å². The van der Waals surface area contributed by atoms with E-state index in [0.29, 0.717) is 5.71 Å². The van der Waals surface area contributed by atoms with Crippen LogP contribution in [0, 0.1) is 0 Å². The molecule has 1 atom stereocenters. The van der Waals surface area contributed by atoms with E-state index in [4.69, 9.17) is 18.8 Å². The Morgan fingerprint density at radius 1 is 1.00 bits per heavy atom. The third kappa shape index (κ3) is 6.79. The van der Waals surface area contributed by atoms with Gasteiger partial charge in [-0.25, -0.2) is 4.79 Å². The molecule has 0 bridgehead atoms. The van der Waals surface area contributed by atoms with Gasteiger partial charge in [0.05, 0.1) is 12.3 Å². The smallest absolute Gasteiger partial charge is 0.353 e. The Hall–Kier alpha value is -2.53. The van der Waals surface area contributed by atoms with Crippen molar-refractivity contribution < 1.29 is 23.1 Å². The third-order valence-corrected chi connectivity index (χ3v) is 5.69. The normalized spacial score (nSPS) is 12.5. The highest BCUT2D eigenvalue weighted by molar-refractivity contribution is 7.57. The van der Waals surface area contributed by atoms with Gasteiger partial charge in [-0.05, 0) is 13.3 Å². The van der Waals surface area contributed by atoms with Crippen LogP contribution in [0.2, 0.25) is 0 Å². The minimum atomic E-state index is -3.31. The number of ether oxygens (including phenoxy) is 1. The second kappa shape index (κ2) is 11.5. The molecule has 0 aliphatic rings. The Morgan fingerprint density at radius 2 is 1.52 bits per heavy atom. The van der Waals surface area contributed by atoms with Crippen LogP contribution in [0.5, 0.6) is 0 Å². The van der Waals surface area contributed by atoms with Crippen molar-refractivity contribution in [3.05, 3.63) is 83.7 Å². The molecule has 0 aliphatic heterocycles. The van der Waals surface area contributed by atoms with E-state index in [2.05, 4.69) is 0 Å². The van der Waals surface area contributed by atoms with Crippen LogP contribution in [0.4, 0.5) is 0 Å². The van der Waals surface area contributed by atoms with E-state index in [1.807, 2.05) is 60.7 Å². The molecule has 0 radical (unpaired) electrons. The first-order valence-electron chi connectivity index (χ1n) is 9.27. The highest BCUT2D eigenvalue weighted by Crippen LogP contribution is 2.48. The van der Waals surface area contributed by atoms with Gasteiger partial charge in [0, 0.05) is 31.2 Å². The summed E-state index contributed by atoms with van der Waals surface area (Å²) >= 11 is 0. The van der Waals surface area contributed by atoms with Gasteiger partial charge < -0.3 is 13.8 Å². The van der Waals surface area contributed by atoms with Crippen LogP contribution in [-0.4, -0.2) is 38.5 Å². The zero-order valence-electron chi connectivity index (χ0n) is 16.9. The van der Waals surface area contributed by atoms with Crippen molar-refractivity contribution in [1.82, 2.24) is 0 Å². The predicted molar refractivity (Wildman–Crippen MR) is 114 cm³/mol. The van der Waals surface area contributed by atoms with Crippen LogP contribution < -0.4 is 0 Å². The minimum Gasteiger partial charge on any atom is -0.464 e. The van der Waals surface area contributed by atoms with Crippen molar-refractivity contribution >= 4 is 19.3 Å². The molecule has 2 rings (SSSR count). The van der Waals surface area contributed by atoms with Gasteiger partial charge in [0.25, 0.3) is 0 Å². The Balaban J connectivity index is 2.43.